The molecule has 3 aliphatic heterocycles. The fourth-order valence-electron chi connectivity index (χ4n) is 6.27. The number of carbonyl (C=O) groups is 1. The minimum absolute atomic E-state index is 0.0253. The Hall–Kier alpha value is -2.96. The molecule has 1 aromatic carbocycles. The van der Waals surface area contributed by atoms with Crippen LogP contribution in [0.25, 0.3) is 0 Å². The molecule has 1 aromatic heterocycles. The van der Waals surface area contributed by atoms with Crippen LogP contribution in [-0.4, -0.2) is 73.9 Å². The number of aliphatic hydroxyl groups is 2. The molecule has 2 N–H and O–H groups in total. The lowest BCUT2D eigenvalue weighted by Crippen LogP contribution is -2.50. The van der Waals surface area contributed by atoms with Gasteiger partial charge in [0.05, 0.1) is 11.7 Å². The summed E-state index contributed by atoms with van der Waals surface area (Å²) in [5, 5.41) is 22.8. The number of rotatable bonds is 4. The molecule has 0 radical (unpaired) electrons. The third-order valence-electron chi connectivity index (χ3n) is 8.41. The maximum absolute atomic E-state index is 15.3. The number of nitrogens with zero attached hydrogens (tertiary/aromatic N) is 4. The van der Waals surface area contributed by atoms with Gasteiger partial charge < -0.3 is 29.5 Å². The van der Waals surface area contributed by atoms with E-state index in [0.29, 0.717) is 29.9 Å². The Morgan fingerprint density at radius 3 is 2.51 bits per heavy atom. The number of anilines is 1. The maximum atomic E-state index is 15.3. The lowest BCUT2D eigenvalue weighted by molar-refractivity contribution is -0.0704. The quantitative estimate of drug-likeness (QED) is 0.557. The predicted octanol–water partition coefficient (Wildman–Crippen LogP) is 4.16. The van der Waals surface area contributed by atoms with Gasteiger partial charge in [0.25, 0.3) is 6.43 Å². The van der Waals surface area contributed by atoms with Crippen LogP contribution in [0.2, 0.25) is 0 Å². The molecule has 12 heteroatoms. The highest BCUT2D eigenvalue weighted by molar-refractivity contribution is 5.69. The van der Waals surface area contributed by atoms with Crippen molar-refractivity contribution in [3.8, 4) is 0 Å². The standard InChI is InChI=1S/C29H37F3N4O5/c1-14(23-29(6,39)22(37)26(40-23)36-10-8-16-15(2)33-13-34-25(16)36)18-11-19(24(31)32)21(30)17-7-9-35(12-20(17)18)27(38)41-28(3,4)5/h11,13-14,22-24,26,37,39H,7-10,12H2,1-6H3/t14?,22-,23+,26+,29-/m0/s1. The zero-order valence-electron chi connectivity index (χ0n) is 24.1. The van der Waals surface area contributed by atoms with Crippen LogP contribution in [0.15, 0.2) is 12.4 Å². The molecule has 1 saturated heterocycles. The number of halogens is 3. The summed E-state index contributed by atoms with van der Waals surface area (Å²) in [5.41, 5.74) is -0.735. The van der Waals surface area contributed by atoms with E-state index in [1.54, 1.807) is 32.6 Å². The highest BCUT2D eigenvalue weighted by Gasteiger charge is 2.57. The van der Waals surface area contributed by atoms with E-state index in [-0.39, 0.29) is 25.1 Å². The minimum Gasteiger partial charge on any atom is -0.444 e. The van der Waals surface area contributed by atoms with Crippen LogP contribution in [0, 0.1) is 12.7 Å². The number of aromatic nitrogens is 2. The first kappa shape index (κ1) is 29.5. The molecule has 1 fully saturated rings. The van der Waals surface area contributed by atoms with Crippen LogP contribution in [0.5, 0.6) is 0 Å². The van der Waals surface area contributed by atoms with Crippen molar-refractivity contribution >= 4 is 11.9 Å². The largest absolute Gasteiger partial charge is 0.444 e. The minimum atomic E-state index is -3.07. The molecule has 9 nitrogen and oxygen atoms in total. The molecule has 0 bridgehead atoms. The van der Waals surface area contributed by atoms with Gasteiger partial charge in [0, 0.05) is 36.8 Å². The Labute approximate surface area is 237 Å². The van der Waals surface area contributed by atoms with Gasteiger partial charge in [-0.15, -0.1) is 0 Å². The Morgan fingerprint density at radius 2 is 1.85 bits per heavy atom. The fourth-order valence-corrected chi connectivity index (χ4v) is 6.27. The molecule has 0 saturated carbocycles. The van der Waals surface area contributed by atoms with Gasteiger partial charge in [-0.2, -0.15) is 0 Å². The van der Waals surface area contributed by atoms with Crippen molar-refractivity contribution in [2.75, 3.05) is 18.0 Å². The summed E-state index contributed by atoms with van der Waals surface area (Å²) in [5.74, 6) is -1.14. The number of hydrogen-bond donors (Lipinski definition) is 2. The number of alkyl halides is 2. The van der Waals surface area contributed by atoms with E-state index in [2.05, 4.69) is 9.97 Å². The second kappa shape index (κ2) is 10.4. The van der Waals surface area contributed by atoms with Crippen LogP contribution in [0.3, 0.4) is 0 Å². The van der Waals surface area contributed by atoms with Gasteiger partial charge in [0.15, 0.2) is 6.23 Å². The van der Waals surface area contributed by atoms with E-state index >= 15 is 4.39 Å². The Morgan fingerprint density at radius 1 is 1.17 bits per heavy atom. The Kier molecular flexibility index (Phi) is 7.48. The molecule has 1 unspecified atom stereocenters. The summed E-state index contributed by atoms with van der Waals surface area (Å²) in [6.07, 6.45) is -4.94. The van der Waals surface area contributed by atoms with Crippen LogP contribution < -0.4 is 4.90 Å². The first-order chi connectivity index (χ1) is 19.1. The van der Waals surface area contributed by atoms with E-state index in [1.165, 1.54) is 18.2 Å². The first-order valence-corrected chi connectivity index (χ1v) is 13.8. The molecular weight excluding hydrogens is 541 g/mol. The van der Waals surface area contributed by atoms with Crippen molar-refractivity contribution in [1.29, 1.82) is 0 Å². The highest BCUT2D eigenvalue weighted by Crippen LogP contribution is 2.45. The van der Waals surface area contributed by atoms with Crippen molar-refractivity contribution < 1.29 is 37.7 Å². The van der Waals surface area contributed by atoms with Gasteiger partial charge in [0.2, 0.25) is 0 Å². The van der Waals surface area contributed by atoms with Gasteiger partial charge in [-0.05, 0) is 70.2 Å². The fraction of sp³-hybridized carbons (Fsp3) is 0.621. The van der Waals surface area contributed by atoms with Crippen molar-refractivity contribution in [2.45, 2.75) is 103 Å². The monoisotopic (exact) mass is 578 g/mol. The molecular formula is C29H37F3N4O5. The van der Waals surface area contributed by atoms with Crippen molar-refractivity contribution in [3.05, 3.63) is 51.7 Å². The van der Waals surface area contributed by atoms with Crippen LogP contribution in [-0.2, 0) is 28.9 Å². The summed E-state index contributed by atoms with van der Waals surface area (Å²) in [4.78, 5) is 24.7. The molecule has 4 heterocycles. The number of hydrogen-bond acceptors (Lipinski definition) is 8. The normalized spacial score (nSPS) is 26.8. The zero-order chi connectivity index (χ0) is 30.0. The number of fused-ring (bicyclic) bond motifs is 2. The van der Waals surface area contributed by atoms with Crippen LogP contribution in [0.1, 0.15) is 80.5 Å². The number of aliphatic hydroxyl groups excluding tert-OH is 1. The molecule has 2 aromatic rings. The number of ether oxygens (including phenoxy) is 2. The second-order valence-corrected chi connectivity index (χ2v) is 12.4. The van der Waals surface area contributed by atoms with E-state index in [0.717, 1.165) is 17.3 Å². The van der Waals surface area contributed by atoms with Gasteiger partial charge in [-0.1, -0.05) is 6.92 Å². The second-order valence-electron chi connectivity index (χ2n) is 12.4. The molecule has 1 amide bonds. The van der Waals surface area contributed by atoms with Gasteiger partial charge in [-0.25, -0.2) is 27.9 Å². The Balaban J connectivity index is 1.51. The molecule has 5 rings (SSSR count). The third-order valence-corrected chi connectivity index (χ3v) is 8.41. The SMILES string of the molecule is Cc1ncnc2c1CCN2[C@@H]1O[C@H](C(C)c2cc(C(F)F)c(F)c3c2CN(C(=O)OC(C)(C)C)CC3)[C@@](C)(O)[C@H]1O. The highest BCUT2D eigenvalue weighted by atomic mass is 19.3. The summed E-state index contributed by atoms with van der Waals surface area (Å²) in [7, 11) is 0. The summed E-state index contributed by atoms with van der Waals surface area (Å²) in [6.45, 7) is 10.7. The van der Waals surface area contributed by atoms with Gasteiger partial charge in [0.1, 0.15) is 35.3 Å². The van der Waals surface area contributed by atoms with Gasteiger partial charge >= 0.3 is 6.09 Å². The van der Waals surface area contributed by atoms with Crippen molar-refractivity contribution in [2.24, 2.45) is 0 Å². The molecule has 41 heavy (non-hydrogen) atoms. The molecule has 5 atom stereocenters. The summed E-state index contributed by atoms with van der Waals surface area (Å²) >= 11 is 0. The first-order valence-electron chi connectivity index (χ1n) is 13.8. The van der Waals surface area contributed by atoms with Crippen LogP contribution in [0.4, 0.5) is 23.8 Å². The predicted molar refractivity (Wildman–Crippen MR) is 143 cm³/mol. The number of amides is 1. The van der Waals surface area contributed by atoms with E-state index in [1.807, 2.05) is 6.92 Å². The van der Waals surface area contributed by atoms with E-state index in [9.17, 15) is 23.8 Å². The number of carbonyl (C=O) groups excluding carboxylic acids is 1. The smallest absolute Gasteiger partial charge is 0.410 e. The topological polar surface area (TPSA) is 108 Å². The van der Waals surface area contributed by atoms with E-state index < -0.39 is 59.5 Å². The molecule has 0 spiro atoms. The lowest BCUT2D eigenvalue weighted by atomic mass is 9.79. The number of aryl methyl sites for hydroxylation is 1. The lowest BCUT2D eigenvalue weighted by Gasteiger charge is -2.36. The average Bonchev–Trinajstić information content (AvgIpc) is 3.41. The van der Waals surface area contributed by atoms with Gasteiger partial charge in [-0.3, -0.25) is 0 Å². The maximum Gasteiger partial charge on any atom is 0.410 e. The molecule has 0 aliphatic carbocycles. The summed E-state index contributed by atoms with van der Waals surface area (Å²) < 4.78 is 55.1. The summed E-state index contributed by atoms with van der Waals surface area (Å²) in [6, 6.07) is 1.10. The average molecular weight is 579 g/mol. The molecule has 3 aliphatic rings. The van der Waals surface area contributed by atoms with Crippen LogP contribution >= 0.6 is 0 Å². The number of benzene rings is 1. The van der Waals surface area contributed by atoms with Crippen molar-refractivity contribution in [1.82, 2.24) is 14.9 Å². The van der Waals surface area contributed by atoms with Crippen molar-refractivity contribution in [3.63, 3.8) is 0 Å². The zero-order valence-corrected chi connectivity index (χ0v) is 24.1. The Bertz CT molecular complexity index is 1350. The third kappa shape index (κ3) is 5.14. The molecule has 224 valence electrons. The van der Waals surface area contributed by atoms with E-state index in [4.69, 9.17) is 9.47 Å².